The molecule has 0 fully saturated rings. The summed E-state index contributed by atoms with van der Waals surface area (Å²) in [5.41, 5.74) is 2.22. The maximum Gasteiger partial charge on any atom is 0.254 e. The number of ether oxygens (including phenoxy) is 1. The lowest BCUT2D eigenvalue weighted by molar-refractivity contribution is 0.411. The topological polar surface area (TPSA) is 77.4 Å². The van der Waals surface area contributed by atoms with Crippen molar-refractivity contribution in [2.45, 2.75) is 18.4 Å². The van der Waals surface area contributed by atoms with E-state index in [1.54, 1.807) is 43.3 Å². The van der Waals surface area contributed by atoms with Gasteiger partial charge in [0.2, 0.25) is 10.0 Å². The molecule has 1 heterocycles. The Balaban J connectivity index is 1.69. The van der Waals surface area contributed by atoms with Crippen molar-refractivity contribution in [3.05, 3.63) is 81.7 Å². The SMILES string of the molecule is COc1cc(C)n(CCNS(=O)(=O)c2ccc(-c3cccc(Cl)c3)cc2)c(=O)c1. The first kappa shape index (κ1) is 21.1. The van der Waals surface area contributed by atoms with Crippen LogP contribution in [0.3, 0.4) is 0 Å². The van der Waals surface area contributed by atoms with Gasteiger partial charge in [0.25, 0.3) is 5.56 Å². The molecule has 8 heteroatoms. The Bertz CT molecular complexity index is 1170. The maximum absolute atomic E-state index is 12.6. The van der Waals surface area contributed by atoms with E-state index in [9.17, 15) is 13.2 Å². The third-order valence-corrected chi connectivity index (χ3v) is 6.21. The molecular formula is C21H21ClN2O4S. The van der Waals surface area contributed by atoms with Crippen LogP contribution in [0.5, 0.6) is 5.75 Å². The molecular weight excluding hydrogens is 412 g/mol. The fourth-order valence-corrected chi connectivity index (χ4v) is 4.18. The predicted molar refractivity (Wildman–Crippen MR) is 114 cm³/mol. The zero-order chi connectivity index (χ0) is 21.0. The van der Waals surface area contributed by atoms with Crippen LogP contribution in [-0.2, 0) is 16.6 Å². The zero-order valence-electron chi connectivity index (χ0n) is 16.1. The zero-order valence-corrected chi connectivity index (χ0v) is 17.6. The van der Waals surface area contributed by atoms with E-state index >= 15 is 0 Å². The molecule has 0 aliphatic rings. The van der Waals surface area contributed by atoms with Crippen LogP contribution in [0.1, 0.15) is 5.69 Å². The highest BCUT2D eigenvalue weighted by atomic mass is 35.5. The highest BCUT2D eigenvalue weighted by Gasteiger charge is 2.14. The van der Waals surface area contributed by atoms with Crippen molar-refractivity contribution in [3.63, 3.8) is 0 Å². The van der Waals surface area contributed by atoms with Crippen LogP contribution in [0.4, 0.5) is 0 Å². The molecule has 0 aliphatic heterocycles. The summed E-state index contributed by atoms with van der Waals surface area (Å²) < 4.78 is 34.2. The van der Waals surface area contributed by atoms with Gasteiger partial charge in [-0.2, -0.15) is 0 Å². The summed E-state index contributed by atoms with van der Waals surface area (Å²) in [6.07, 6.45) is 0. The summed E-state index contributed by atoms with van der Waals surface area (Å²) in [7, 11) is -2.20. The molecule has 0 bridgehead atoms. The van der Waals surface area contributed by atoms with Crippen LogP contribution in [0.25, 0.3) is 11.1 Å². The predicted octanol–water partition coefficient (Wildman–Crippen LogP) is 3.46. The Labute approximate surface area is 174 Å². The van der Waals surface area contributed by atoms with Crippen molar-refractivity contribution in [2.75, 3.05) is 13.7 Å². The van der Waals surface area contributed by atoms with Crippen molar-refractivity contribution < 1.29 is 13.2 Å². The van der Waals surface area contributed by atoms with E-state index in [0.717, 1.165) is 11.1 Å². The lowest BCUT2D eigenvalue weighted by atomic mass is 10.1. The van der Waals surface area contributed by atoms with Gasteiger partial charge in [0.15, 0.2) is 0 Å². The Kier molecular flexibility index (Phi) is 6.42. The first-order valence-electron chi connectivity index (χ1n) is 8.91. The second-order valence-corrected chi connectivity index (χ2v) is 8.66. The van der Waals surface area contributed by atoms with Crippen LogP contribution in [0, 0.1) is 6.92 Å². The minimum Gasteiger partial charge on any atom is -0.496 e. The number of hydrogen-bond donors (Lipinski definition) is 1. The smallest absolute Gasteiger partial charge is 0.254 e. The van der Waals surface area contributed by atoms with Crippen molar-refractivity contribution in [1.82, 2.24) is 9.29 Å². The summed E-state index contributed by atoms with van der Waals surface area (Å²) in [6, 6.07) is 17.0. The van der Waals surface area contributed by atoms with E-state index in [1.807, 2.05) is 18.2 Å². The number of aryl methyl sites for hydroxylation is 1. The number of halogens is 1. The Morgan fingerprint density at radius 2 is 1.76 bits per heavy atom. The summed E-state index contributed by atoms with van der Waals surface area (Å²) in [6.45, 7) is 2.08. The summed E-state index contributed by atoms with van der Waals surface area (Å²) >= 11 is 6.01. The number of sulfonamides is 1. The van der Waals surface area contributed by atoms with Crippen molar-refractivity contribution >= 4 is 21.6 Å². The molecule has 152 valence electrons. The van der Waals surface area contributed by atoms with E-state index in [1.165, 1.54) is 17.7 Å². The van der Waals surface area contributed by atoms with Crippen LogP contribution in [0.15, 0.2) is 70.4 Å². The second-order valence-electron chi connectivity index (χ2n) is 6.46. The minimum absolute atomic E-state index is 0.0887. The first-order valence-corrected chi connectivity index (χ1v) is 10.8. The normalized spacial score (nSPS) is 11.4. The molecule has 0 saturated carbocycles. The molecule has 1 N–H and O–H groups in total. The molecule has 0 aliphatic carbocycles. The number of nitrogens with zero attached hydrogens (tertiary/aromatic N) is 1. The van der Waals surface area contributed by atoms with Gasteiger partial charge in [0, 0.05) is 29.9 Å². The number of aromatic nitrogens is 1. The van der Waals surface area contributed by atoms with E-state index in [4.69, 9.17) is 16.3 Å². The van der Waals surface area contributed by atoms with Crippen molar-refractivity contribution in [2.24, 2.45) is 0 Å². The van der Waals surface area contributed by atoms with Crippen LogP contribution < -0.4 is 15.0 Å². The summed E-state index contributed by atoms with van der Waals surface area (Å²) in [4.78, 5) is 12.3. The van der Waals surface area contributed by atoms with Crippen LogP contribution >= 0.6 is 11.6 Å². The number of hydrogen-bond acceptors (Lipinski definition) is 4. The van der Waals surface area contributed by atoms with Gasteiger partial charge in [0.05, 0.1) is 12.0 Å². The molecule has 6 nitrogen and oxygen atoms in total. The lowest BCUT2D eigenvalue weighted by Gasteiger charge is -2.12. The highest BCUT2D eigenvalue weighted by molar-refractivity contribution is 7.89. The molecule has 3 rings (SSSR count). The summed E-state index contributed by atoms with van der Waals surface area (Å²) in [5.74, 6) is 0.476. The molecule has 0 unspecified atom stereocenters. The quantitative estimate of drug-likeness (QED) is 0.620. The van der Waals surface area contributed by atoms with Gasteiger partial charge < -0.3 is 9.30 Å². The average Bonchev–Trinajstić information content (AvgIpc) is 2.70. The van der Waals surface area contributed by atoms with Gasteiger partial charge in [-0.05, 0) is 48.4 Å². The Morgan fingerprint density at radius 3 is 2.38 bits per heavy atom. The number of rotatable bonds is 7. The number of methoxy groups -OCH3 is 1. The number of pyridine rings is 1. The average molecular weight is 433 g/mol. The molecule has 0 spiro atoms. The van der Waals surface area contributed by atoms with E-state index in [2.05, 4.69) is 4.72 Å². The van der Waals surface area contributed by atoms with Gasteiger partial charge >= 0.3 is 0 Å². The largest absolute Gasteiger partial charge is 0.496 e. The standard InChI is InChI=1S/C21H21ClN2O4S/c1-15-12-19(28-2)14-21(25)24(15)11-10-23-29(26,27)20-8-6-16(7-9-20)17-4-3-5-18(22)13-17/h3-9,12-14,23H,10-11H2,1-2H3. The van der Waals surface area contributed by atoms with Gasteiger partial charge in [-0.25, -0.2) is 13.1 Å². The van der Waals surface area contributed by atoms with Crippen LogP contribution in [-0.4, -0.2) is 26.6 Å². The van der Waals surface area contributed by atoms with Gasteiger partial charge in [-0.15, -0.1) is 0 Å². The van der Waals surface area contributed by atoms with E-state index < -0.39 is 10.0 Å². The molecule has 0 atom stereocenters. The fraction of sp³-hybridized carbons (Fsp3) is 0.190. The van der Waals surface area contributed by atoms with E-state index in [-0.39, 0.29) is 23.5 Å². The number of nitrogens with one attached hydrogen (secondary N) is 1. The fourth-order valence-electron chi connectivity index (χ4n) is 2.97. The molecule has 0 saturated heterocycles. The lowest BCUT2D eigenvalue weighted by Crippen LogP contribution is -2.31. The Hall–Kier alpha value is -2.61. The third-order valence-electron chi connectivity index (χ3n) is 4.49. The van der Waals surface area contributed by atoms with Gasteiger partial charge in [-0.3, -0.25) is 4.79 Å². The monoisotopic (exact) mass is 432 g/mol. The maximum atomic E-state index is 12.6. The first-order chi connectivity index (χ1) is 13.8. The molecule has 3 aromatic rings. The van der Waals surface area contributed by atoms with Crippen LogP contribution in [0.2, 0.25) is 5.02 Å². The van der Waals surface area contributed by atoms with E-state index in [0.29, 0.717) is 16.5 Å². The molecule has 0 radical (unpaired) electrons. The molecule has 29 heavy (non-hydrogen) atoms. The highest BCUT2D eigenvalue weighted by Crippen LogP contribution is 2.24. The molecule has 1 aromatic heterocycles. The summed E-state index contributed by atoms with van der Waals surface area (Å²) in [5, 5.41) is 0.616. The van der Waals surface area contributed by atoms with Crippen molar-refractivity contribution in [1.29, 1.82) is 0 Å². The van der Waals surface area contributed by atoms with Crippen molar-refractivity contribution in [3.8, 4) is 16.9 Å². The Morgan fingerprint density at radius 1 is 1.03 bits per heavy atom. The van der Waals surface area contributed by atoms with Gasteiger partial charge in [0.1, 0.15) is 5.75 Å². The van der Waals surface area contributed by atoms with Gasteiger partial charge in [-0.1, -0.05) is 35.9 Å². The minimum atomic E-state index is -3.69. The molecule has 2 aromatic carbocycles. The molecule has 0 amide bonds. The second kappa shape index (κ2) is 8.82. The number of benzene rings is 2. The third kappa shape index (κ3) is 5.06.